The van der Waals surface area contributed by atoms with Crippen LogP contribution in [0, 0.1) is 12.8 Å². The first-order valence-corrected chi connectivity index (χ1v) is 8.78. The van der Waals surface area contributed by atoms with E-state index in [1.54, 1.807) is 23.0 Å². The second-order valence-corrected chi connectivity index (χ2v) is 6.79. The summed E-state index contributed by atoms with van der Waals surface area (Å²) in [5, 5.41) is 0. The number of amides is 2. The number of nitrogens with zero attached hydrogens (tertiary/aromatic N) is 2. The van der Waals surface area contributed by atoms with E-state index < -0.39 is 0 Å². The van der Waals surface area contributed by atoms with Crippen molar-refractivity contribution >= 4 is 12.0 Å². The minimum atomic E-state index is -0.292. The maximum atomic E-state index is 12.8. The van der Waals surface area contributed by atoms with Gasteiger partial charge in [-0.15, -0.1) is 0 Å². The molecule has 25 heavy (non-hydrogen) atoms. The van der Waals surface area contributed by atoms with E-state index in [0.29, 0.717) is 50.0 Å². The number of hydrogen-bond donors (Lipinski definition) is 0. The van der Waals surface area contributed by atoms with Crippen LogP contribution in [0.5, 0.6) is 5.75 Å². The fourth-order valence-electron chi connectivity index (χ4n) is 2.77. The fourth-order valence-corrected chi connectivity index (χ4v) is 2.77. The van der Waals surface area contributed by atoms with Crippen molar-refractivity contribution in [2.24, 2.45) is 5.92 Å². The molecule has 1 aliphatic heterocycles. The van der Waals surface area contributed by atoms with Gasteiger partial charge in [-0.05, 0) is 37.0 Å². The zero-order chi connectivity index (χ0) is 18.4. The molecule has 1 aromatic carbocycles. The highest BCUT2D eigenvalue weighted by Crippen LogP contribution is 2.20. The quantitative estimate of drug-likeness (QED) is 0.839. The van der Waals surface area contributed by atoms with Gasteiger partial charge in [0.05, 0.1) is 13.7 Å². The van der Waals surface area contributed by atoms with Crippen molar-refractivity contribution in [1.82, 2.24) is 9.80 Å². The minimum Gasteiger partial charge on any atom is -0.496 e. The summed E-state index contributed by atoms with van der Waals surface area (Å²) in [6.07, 6.45) is 0.450. The molecule has 1 fully saturated rings. The number of aryl methyl sites for hydroxylation is 1. The monoisotopic (exact) mass is 348 g/mol. The molecule has 6 heteroatoms. The van der Waals surface area contributed by atoms with Crippen LogP contribution in [-0.4, -0.2) is 61.7 Å². The molecule has 0 aliphatic carbocycles. The molecule has 0 aromatic heterocycles. The third-order valence-electron chi connectivity index (χ3n) is 4.24. The third kappa shape index (κ3) is 5.11. The van der Waals surface area contributed by atoms with Crippen molar-refractivity contribution in [1.29, 1.82) is 0 Å². The summed E-state index contributed by atoms with van der Waals surface area (Å²) in [5.74, 6) is 0.987. The van der Waals surface area contributed by atoms with Crippen LogP contribution >= 0.6 is 0 Å². The highest BCUT2D eigenvalue weighted by atomic mass is 16.6. The maximum absolute atomic E-state index is 12.8. The molecule has 1 aromatic rings. The van der Waals surface area contributed by atoms with Gasteiger partial charge in [0, 0.05) is 31.7 Å². The smallest absolute Gasteiger partial charge is 0.409 e. The molecule has 0 saturated carbocycles. The largest absolute Gasteiger partial charge is 0.496 e. The number of hydrogen-bond acceptors (Lipinski definition) is 4. The predicted molar refractivity (Wildman–Crippen MR) is 96.0 cm³/mol. The van der Waals surface area contributed by atoms with Crippen molar-refractivity contribution < 1.29 is 19.1 Å². The van der Waals surface area contributed by atoms with Crippen molar-refractivity contribution in [3.63, 3.8) is 0 Å². The van der Waals surface area contributed by atoms with Gasteiger partial charge in [-0.3, -0.25) is 4.79 Å². The molecule has 1 aliphatic rings. The topological polar surface area (TPSA) is 59.1 Å². The molecule has 0 N–H and O–H groups in total. The van der Waals surface area contributed by atoms with E-state index in [2.05, 4.69) is 0 Å². The number of methoxy groups -OCH3 is 1. The molecular weight excluding hydrogens is 320 g/mol. The lowest BCUT2D eigenvalue weighted by Gasteiger charge is -2.22. The van der Waals surface area contributed by atoms with Gasteiger partial charge in [-0.1, -0.05) is 19.9 Å². The Bertz CT molecular complexity index is 615. The molecule has 0 spiro atoms. The van der Waals surface area contributed by atoms with E-state index in [1.165, 1.54) is 0 Å². The number of rotatable bonds is 4. The zero-order valence-corrected chi connectivity index (χ0v) is 15.6. The lowest BCUT2D eigenvalue weighted by molar-refractivity contribution is 0.0746. The summed E-state index contributed by atoms with van der Waals surface area (Å²) in [6, 6.07) is 5.48. The SMILES string of the molecule is COc1cc(C(=O)N2CCCN(C(=O)OCC(C)C)CC2)ccc1C. The zero-order valence-electron chi connectivity index (χ0n) is 15.6. The Morgan fingerprint density at radius 3 is 2.48 bits per heavy atom. The van der Waals surface area contributed by atoms with Gasteiger partial charge in [0.25, 0.3) is 5.91 Å². The van der Waals surface area contributed by atoms with E-state index in [1.807, 2.05) is 32.9 Å². The summed E-state index contributed by atoms with van der Waals surface area (Å²) < 4.78 is 10.6. The minimum absolute atomic E-state index is 0.0318. The van der Waals surface area contributed by atoms with Crippen LogP contribution in [0.2, 0.25) is 0 Å². The summed E-state index contributed by atoms with van der Waals surface area (Å²) in [6.45, 7) is 8.61. The van der Waals surface area contributed by atoms with Crippen molar-refractivity contribution in [3.8, 4) is 5.75 Å². The van der Waals surface area contributed by atoms with E-state index in [0.717, 1.165) is 12.0 Å². The van der Waals surface area contributed by atoms with Crippen molar-refractivity contribution in [3.05, 3.63) is 29.3 Å². The van der Waals surface area contributed by atoms with Crippen LogP contribution in [0.15, 0.2) is 18.2 Å². The molecule has 0 atom stereocenters. The first kappa shape index (κ1) is 19.1. The Balaban J connectivity index is 1.98. The van der Waals surface area contributed by atoms with E-state index in [9.17, 15) is 9.59 Å². The van der Waals surface area contributed by atoms with Gasteiger partial charge in [-0.25, -0.2) is 4.79 Å². The number of ether oxygens (including phenoxy) is 2. The lowest BCUT2D eigenvalue weighted by atomic mass is 10.1. The molecule has 0 radical (unpaired) electrons. The van der Waals surface area contributed by atoms with Crippen LogP contribution in [-0.2, 0) is 4.74 Å². The maximum Gasteiger partial charge on any atom is 0.409 e. The Morgan fingerprint density at radius 2 is 1.80 bits per heavy atom. The summed E-state index contributed by atoms with van der Waals surface area (Å²) in [5.41, 5.74) is 1.60. The van der Waals surface area contributed by atoms with E-state index in [4.69, 9.17) is 9.47 Å². The normalized spacial score (nSPS) is 15.1. The Labute approximate surface area is 149 Å². The first-order valence-electron chi connectivity index (χ1n) is 8.78. The summed E-state index contributed by atoms with van der Waals surface area (Å²) in [7, 11) is 1.60. The molecule has 2 rings (SSSR count). The highest BCUT2D eigenvalue weighted by Gasteiger charge is 2.24. The second kappa shape index (κ2) is 8.74. The second-order valence-electron chi connectivity index (χ2n) is 6.79. The fraction of sp³-hybridized carbons (Fsp3) is 0.579. The van der Waals surface area contributed by atoms with Crippen LogP contribution in [0.3, 0.4) is 0 Å². The number of carbonyl (C=O) groups excluding carboxylic acids is 2. The average Bonchev–Trinajstić information content (AvgIpc) is 2.85. The molecule has 1 heterocycles. The Morgan fingerprint density at radius 1 is 1.12 bits per heavy atom. The summed E-state index contributed by atoms with van der Waals surface area (Å²) in [4.78, 5) is 28.3. The summed E-state index contributed by atoms with van der Waals surface area (Å²) >= 11 is 0. The highest BCUT2D eigenvalue weighted by molar-refractivity contribution is 5.94. The third-order valence-corrected chi connectivity index (χ3v) is 4.24. The van der Waals surface area contributed by atoms with Gasteiger partial charge in [0.2, 0.25) is 0 Å². The molecule has 6 nitrogen and oxygen atoms in total. The van der Waals surface area contributed by atoms with Crippen LogP contribution in [0.1, 0.15) is 36.2 Å². The van der Waals surface area contributed by atoms with Crippen LogP contribution in [0.25, 0.3) is 0 Å². The van der Waals surface area contributed by atoms with Gasteiger partial charge in [0.1, 0.15) is 5.75 Å². The van der Waals surface area contributed by atoms with Gasteiger partial charge in [-0.2, -0.15) is 0 Å². The average molecular weight is 348 g/mol. The standard InChI is InChI=1S/C19H28N2O4/c1-14(2)13-25-19(23)21-9-5-8-20(10-11-21)18(22)16-7-6-15(3)17(12-16)24-4/h6-7,12,14H,5,8-11,13H2,1-4H3. The van der Waals surface area contributed by atoms with Gasteiger partial charge in [0.15, 0.2) is 0 Å². The van der Waals surface area contributed by atoms with Crippen LogP contribution in [0.4, 0.5) is 4.79 Å². The number of carbonyl (C=O) groups is 2. The molecule has 0 unspecified atom stereocenters. The van der Waals surface area contributed by atoms with E-state index >= 15 is 0 Å². The lowest BCUT2D eigenvalue weighted by Crippen LogP contribution is -2.38. The van der Waals surface area contributed by atoms with E-state index in [-0.39, 0.29) is 12.0 Å². The van der Waals surface area contributed by atoms with Crippen molar-refractivity contribution in [2.45, 2.75) is 27.2 Å². The first-order chi connectivity index (χ1) is 11.9. The molecule has 1 saturated heterocycles. The van der Waals surface area contributed by atoms with Gasteiger partial charge >= 0.3 is 6.09 Å². The molecule has 2 amide bonds. The van der Waals surface area contributed by atoms with Gasteiger partial charge < -0.3 is 19.3 Å². The predicted octanol–water partition coefficient (Wildman–Crippen LogP) is 2.94. The Kier molecular flexibility index (Phi) is 6.67. The number of benzene rings is 1. The molecule has 138 valence electrons. The molecular formula is C19H28N2O4. The van der Waals surface area contributed by atoms with Crippen molar-refractivity contribution in [2.75, 3.05) is 39.9 Å². The Hall–Kier alpha value is -2.24. The van der Waals surface area contributed by atoms with Crippen LogP contribution < -0.4 is 4.74 Å². The molecule has 0 bridgehead atoms.